The van der Waals surface area contributed by atoms with Crippen molar-refractivity contribution in [2.24, 2.45) is 11.8 Å². The predicted molar refractivity (Wildman–Crippen MR) is 68.9 cm³/mol. The van der Waals surface area contributed by atoms with Crippen LogP contribution in [-0.2, 0) is 12.7 Å². The third-order valence-electron chi connectivity index (χ3n) is 4.58. The maximum atomic E-state index is 14.0. The number of benzene rings is 1. The van der Waals surface area contributed by atoms with Crippen molar-refractivity contribution in [2.75, 3.05) is 13.1 Å². The number of hydrogen-bond donors (Lipinski definition) is 1. The molecule has 1 saturated heterocycles. The van der Waals surface area contributed by atoms with Crippen LogP contribution in [0.15, 0.2) is 18.2 Å². The molecule has 0 bridgehead atoms. The zero-order valence-corrected chi connectivity index (χ0v) is 11.4. The minimum Gasteiger partial charge on any atom is -0.393 e. The third kappa shape index (κ3) is 2.92. The Morgan fingerprint density at radius 2 is 1.76 bits per heavy atom. The van der Waals surface area contributed by atoms with Gasteiger partial charge in [0.15, 0.2) is 0 Å². The summed E-state index contributed by atoms with van der Waals surface area (Å²) in [7, 11) is 0. The second-order valence-corrected chi connectivity index (χ2v) is 6.12. The van der Waals surface area contributed by atoms with Crippen LogP contribution in [0.4, 0.5) is 17.6 Å². The monoisotopic (exact) mass is 303 g/mol. The van der Waals surface area contributed by atoms with Crippen molar-refractivity contribution in [3.05, 3.63) is 35.1 Å². The lowest BCUT2D eigenvalue weighted by atomic mass is 10.0. The molecule has 1 aliphatic carbocycles. The van der Waals surface area contributed by atoms with Crippen LogP contribution in [0.3, 0.4) is 0 Å². The van der Waals surface area contributed by atoms with Crippen LogP contribution in [-0.4, -0.2) is 29.2 Å². The molecule has 0 spiro atoms. The van der Waals surface area contributed by atoms with Gasteiger partial charge in [-0.3, -0.25) is 4.90 Å². The standard InChI is InChI=1S/C15H17F4NO/c16-14-9(2-1-3-13(14)15(17,18)19)6-20-7-10-4-12(21)5-11(10)8-20/h1-3,10-12,21H,4-8H2/t10-,11+,12?. The van der Waals surface area contributed by atoms with Gasteiger partial charge in [0.1, 0.15) is 5.82 Å². The molecular weight excluding hydrogens is 286 g/mol. The van der Waals surface area contributed by atoms with Gasteiger partial charge in [0.2, 0.25) is 0 Å². The molecule has 2 nitrogen and oxygen atoms in total. The minimum absolute atomic E-state index is 0.0883. The van der Waals surface area contributed by atoms with Crippen molar-refractivity contribution < 1.29 is 22.7 Å². The van der Waals surface area contributed by atoms with E-state index < -0.39 is 17.6 Å². The van der Waals surface area contributed by atoms with Crippen molar-refractivity contribution in [1.29, 1.82) is 0 Å². The number of likely N-dealkylation sites (tertiary alicyclic amines) is 1. The molecule has 1 saturated carbocycles. The summed E-state index contributed by atoms with van der Waals surface area (Å²) in [5.41, 5.74) is -1.11. The maximum Gasteiger partial charge on any atom is 0.419 e. The summed E-state index contributed by atoms with van der Waals surface area (Å²) in [5, 5.41) is 9.58. The molecule has 1 aromatic rings. The highest BCUT2D eigenvalue weighted by atomic mass is 19.4. The summed E-state index contributed by atoms with van der Waals surface area (Å²) in [6, 6.07) is 3.43. The largest absolute Gasteiger partial charge is 0.419 e. The van der Waals surface area contributed by atoms with E-state index in [0.29, 0.717) is 11.8 Å². The number of aliphatic hydroxyl groups excluding tert-OH is 1. The van der Waals surface area contributed by atoms with E-state index in [9.17, 15) is 22.7 Å². The SMILES string of the molecule is OC1C[C@@H]2CN(Cc3cccc(C(F)(F)F)c3F)C[C@@H]2C1. The molecule has 3 atom stereocenters. The van der Waals surface area contributed by atoms with Crippen LogP contribution in [0.2, 0.25) is 0 Å². The number of halogens is 4. The van der Waals surface area contributed by atoms with Gasteiger partial charge in [0.25, 0.3) is 0 Å². The smallest absolute Gasteiger partial charge is 0.393 e. The van der Waals surface area contributed by atoms with E-state index >= 15 is 0 Å². The van der Waals surface area contributed by atoms with E-state index in [1.807, 2.05) is 4.90 Å². The summed E-state index contributed by atoms with van der Waals surface area (Å²) in [5.74, 6) is -0.398. The Morgan fingerprint density at radius 1 is 1.14 bits per heavy atom. The molecule has 0 aromatic heterocycles. The van der Waals surface area contributed by atoms with Crippen LogP contribution in [0.1, 0.15) is 24.0 Å². The highest BCUT2D eigenvalue weighted by molar-refractivity contribution is 5.28. The Morgan fingerprint density at radius 3 is 2.33 bits per heavy atom. The van der Waals surface area contributed by atoms with E-state index in [0.717, 1.165) is 32.0 Å². The molecular formula is C15H17F4NO. The van der Waals surface area contributed by atoms with Crippen LogP contribution in [0, 0.1) is 17.7 Å². The van der Waals surface area contributed by atoms with Gasteiger partial charge in [-0.1, -0.05) is 12.1 Å². The summed E-state index contributed by atoms with van der Waals surface area (Å²) in [4.78, 5) is 1.99. The fourth-order valence-corrected chi connectivity index (χ4v) is 3.66. The number of nitrogens with zero attached hydrogens (tertiary/aromatic N) is 1. The van der Waals surface area contributed by atoms with Crippen molar-refractivity contribution in [2.45, 2.75) is 31.7 Å². The molecule has 21 heavy (non-hydrogen) atoms. The molecule has 3 rings (SSSR count). The number of alkyl halides is 3. The molecule has 0 radical (unpaired) electrons. The number of aliphatic hydroxyl groups is 1. The first kappa shape index (κ1) is 14.8. The number of rotatable bonds is 2. The third-order valence-corrected chi connectivity index (χ3v) is 4.58. The molecule has 2 fully saturated rings. The Labute approximate surface area is 120 Å². The van der Waals surface area contributed by atoms with E-state index in [2.05, 4.69) is 0 Å². The maximum absolute atomic E-state index is 14.0. The Hall–Kier alpha value is -1.14. The molecule has 1 aromatic carbocycles. The van der Waals surface area contributed by atoms with Gasteiger partial charge in [0.05, 0.1) is 11.7 Å². The fraction of sp³-hybridized carbons (Fsp3) is 0.600. The molecule has 1 N–H and O–H groups in total. The zero-order valence-electron chi connectivity index (χ0n) is 11.4. The molecule has 1 heterocycles. The van der Waals surface area contributed by atoms with Crippen LogP contribution in [0.5, 0.6) is 0 Å². The van der Waals surface area contributed by atoms with E-state index in [1.54, 1.807) is 0 Å². The second-order valence-electron chi connectivity index (χ2n) is 6.12. The first-order valence-corrected chi connectivity index (χ1v) is 7.09. The van der Waals surface area contributed by atoms with Crippen molar-refractivity contribution >= 4 is 0 Å². The number of hydrogen-bond acceptors (Lipinski definition) is 2. The van der Waals surface area contributed by atoms with Gasteiger partial charge in [-0.15, -0.1) is 0 Å². The lowest BCUT2D eigenvalue weighted by Crippen LogP contribution is -2.24. The average molecular weight is 303 g/mol. The van der Waals surface area contributed by atoms with Crippen molar-refractivity contribution in [1.82, 2.24) is 4.90 Å². The summed E-state index contributed by atoms with van der Waals surface area (Å²) in [6.45, 7) is 1.63. The molecule has 1 aliphatic heterocycles. The zero-order chi connectivity index (χ0) is 15.2. The summed E-state index contributed by atoms with van der Waals surface area (Å²) >= 11 is 0. The average Bonchev–Trinajstić information content (AvgIpc) is 2.87. The second kappa shape index (κ2) is 5.25. The van der Waals surface area contributed by atoms with Crippen molar-refractivity contribution in [3.8, 4) is 0 Å². The van der Waals surface area contributed by atoms with Crippen LogP contribution >= 0.6 is 0 Å². The van der Waals surface area contributed by atoms with Gasteiger partial charge in [-0.2, -0.15) is 13.2 Å². The highest BCUT2D eigenvalue weighted by Gasteiger charge is 2.40. The van der Waals surface area contributed by atoms with Gasteiger partial charge >= 0.3 is 6.18 Å². The number of fused-ring (bicyclic) bond motifs is 1. The first-order chi connectivity index (χ1) is 9.84. The minimum atomic E-state index is -4.66. The van der Waals surface area contributed by atoms with Gasteiger partial charge in [-0.05, 0) is 30.7 Å². The van der Waals surface area contributed by atoms with Crippen LogP contribution < -0.4 is 0 Å². The van der Waals surface area contributed by atoms with E-state index in [-0.39, 0.29) is 18.2 Å². The van der Waals surface area contributed by atoms with Gasteiger partial charge in [-0.25, -0.2) is 4.39 Å². The topological polar surface area (TPSA) is 23.5 Å². The Kier molecular flexibility index (Phi) is 3.69. The lowest BCUT2D eigenvalue weighted by molar-refractivity contribution is -0.140. The van der Waals surface area contributed by atoms with Crippen molar-refractivity contribution in [3.63, 3.8) is 0 Å². The van der Waals surface area contributed by atoms with Crippen LogP contribution in [0.25, 0.3) is 0 Å². The summed E-state index contributed by atoms with van der Waals surface area (Å²) in [6.07, 6.45) is -3.43. The molecule has 0 amide bonds. The highest BCUT2D eigenvalue weighted by Crippen LogP contribution is 2.39. The van der Waals surface area contributed by atoms with Gasteiger partial charge < -0.3 is 5.11 Å². The lowest BCUT2D eigenvalue weighted by Gasteiger charge is -2.19. The summed E-state index contributed by atoms with van der Waals surface area (Å²) < 4.78 is 52.1. The molecule has 116 valence electrons. The van der Waals surface area contributed by atoms with Gasteiger partial charge in [0, 0.05) is 25.2 Å². The normalized spacial score (nSPS) is 29.9. The van der Waals surface area contributed by atoms with E-state index in [1.165, 1.54) is 12.1 Å². The van der Waals surface area contributed by atoms with E-state index in [4.69, 9.17) is 0 Å². The Bertz CT molecular complexity index is 517. The predicted octanol–water partition coefficient (Wildman–Crippen LogP) is 3.05. The first-order valence-electron chi connectivity index (χ1n) is 7.09. The Balaban J connectivity index is 1.72. The molecule has 6 heteroatoms. The molecule has 1 unspecified atom stereocenters. The quantitative estimate of drug-likeness (QED) is 0.849. The fourth-order valence-electron chi connectivity index (χ4n) is 3.66. The molecule has 2 aliphatic rings.